The van der Waals surface area contributed by atoms with E-state index in [1.54, 1.807) is 30.3 Å². The molecule has 0 atom stereocenters. The lowest BCUT2D eigenvalue weighted by atomic mass is 10.1. The van der Waals surface area contributed by atoms with Gasteiger partial charge in [0.25, 0.3) is 10.0 Å². The third-order valence-corrected chi connectivity index (χ3v) is 4.78. The Hall–Kier alpha value is -2.47. The van der Waals surface area contributed by atoms with E-state index in [1.807, 2.05) is 13.0 Å². The highest BCUT2D eigenvalue weighted by Gasteiger charge is 2.21. The molecule has 0 aliphatic carbocycles. The van der Waals surface area contributed by atoms with E-state index >= 15 is 0 Å². The zero-order chi connectivity index (χ0) is 17.0. The lowest BCUT2D eigenvalue weighted by Gasteiger charge is -2.14. The maximum atomic E-state index is 12.7. The molecule has 0 radical (unpaired) electrons. The molecule has 0 aliphatic heterocycles. The molecular formula is C17H19NO4S. The lowest BCUT2D eigenvalue weighted by Crippen LogP contribution is -2.15. The predicted octanol–water partition coefficient (Wildman–Crippen LogP) is 3.46. The predicted molar refractivity (Wildman–Crippen MR) is 91.6 cm³/mol. The molecule has 2 aromatic carbocycles. The maximum Gasteiger partial charge on any atom is 0.265 e. The SMILES string of the molecule is C=Cc1ccc(NS(=O)(=O)c2cc(OC)ccc2OC)c(C)c1. The molecule has 23 heavy (non-hydrogen) atoms. The zero-order valence-electron chi connectivity index (χ0n) is 13.3. The first-order valence-corrected chi connectivity index (χ1v) is 8.37. The first-order valence-electron chi connectivity index (χ1n) is 6.89. The van der Waals surface area contributed by atoms with E-state index in [9.17, 15) is 8.42 Å². The summed E-state index contributed by atoms with van der Waals surface area (Å²) in [7, 11) is -0.914. The average molecular weight is 333 g/mol. The maximum absolute atomic E-state index is 12.7. The topological polar surface area (TPSA) is 64.6 Å². The van der Waals surface area contributed by atoms with E-state index in [0.29, 0.717) is 11.4 Å². The quantitative estimate of drug-likeness (QED) is 0.879. The smallest absolute Gasteiger partial charge is 0.265 e. The van der Waals surface area contributed by atoms with Crippen molar-refractivity contribution in [1.29, 1.82) is 0 Å². The van der Waals surface area contributed by atoms with Crippen molar-refractivity contribution in [2.24, 2.45) is 0 Å². The number of methoxy groups -OCH3 is 2. The van der Waals surface area contributed by atoms with Crippen molar-refractivity contribution in [2.75, 3.05) is 18.9 Å². The molecule has 1 N–H and O–H groups in total. The Bertz CT molecular complexity index is 828. The normalized spacial score (nSPS) is 10.9. The van der Waals surface area contributed by atoms with Crippen molar-refractivity contribution in [3.05, 3.63) is 54.1 Å². The summed E-state index contributed by atoms with van der Waals surface area (Å²) < 4.78 is 38.2. The first kappa shape index (κ1) is 16.9. The molecule has 0 spiro atoms. The number of hydrogen-bond donors (Lipinski definition) is 1. The van der Waals surface area contributed by atoms with Gasteiger partial charge in [-0.05, 0) is 42.3 Å². The van der Waals surface area contributed by atoms with Crippen molar-refractivity contribution in [3.63, 3.8) is 0 Å². The highest BCUT2D eigenvalue weighted by molar-refractivity contribution is 7.92. The molecule has 0 aromatic heterocycles. The Balaban J connectivity index is 2.45. The second-order valence-electron chi connectivity index (χ2n) is 4.90. The van der Waals surface area contributed by atoms with Gasteiger partial charge in [0.15, 0.2) is 0 Å². The van der Waals surface area contributed by atoms with Crippen LogP contribution >= 0.6 is 0 Å². The van der Waals surface area contributed by atoms with Crippen LogP contribution in [0.1, 0.15) is 11.1 Å². The highest BCUT2D eigenvalue weighted by Crippen LogP contribution is 2.30. The van der Waals surface area contributed by atoms with Crippen LogP contribution in [-0.2, 0) is 10.0 Å². The third kappa shape index (κ3) is 3.65. The van der Waals surface area contributed by atoms with E-state index in [4.69, 9.17) is 9.47 Å². The molecule has 0 unspecified atom stereocenters. The fourth-order valence-electron chi connectivity index (χ4n) is 2.12. The van der Waals surface area contributed by atoms with E-state index in [2.05, 4.69) is 11.3 Å². The van der Waals surface area contributed by atoms with Crippen molar-refractivity contribution in [2.45, 2.75) is 11.8 Å². The van der Waals surface area contributed by atoms with Gasteiger partial charge in [-0.25, -0.2) is 8.42 Å². The first-order chi connectivity index (χ1) is 10.9. The fourth-order valence-corrected chi connectivity index (χ4v) is 3.44. The summed E-state index contributed by atoms with van der Waals surface area (Å²) in [6.07, 6.45) is 1.70. The largest absolute Gasteiger partial charge is 0.497 e. The number of nitrogens with one attached hydrogen (secondary N) is 1. The van der Waals surface area contributed by atoms with Crippen LogP contribution in [-0.4, -0.2) is 22.6 Å². The Labute approximate surface area is 136 Å². The summed E-state index contributed by atoms with van der Waals surface area (Å²) in [5, 5.41) is 0. The molecule has 0 saturated carbocycles. The summed E-state index contributed by atoms with van der Waals surface area (Å²) in [6.45, 7) is 5.52. The monoisotopic (exact) mass is 333 g/mol. The molecule has 0 heterocycles. The lowest BCUT2D eigenvalue weighted by molar-refractivity contribution is 0.392. The van der Waals surface area contributed by atoms with Gasteiger partial charge < -0.3 is 9.47 Å². The van der Waals surface area contributed by atoms with Crippen LogP contribution in [0.25, 0.3) is 6.08 Å². The van der Waals surface area contributed by atoms with Gasteiger partial charge in [-0.3, -0.25) is 4.72 Å². The number of aryl methyl sites for hydroxylation is 1. The highest BCUT2D eigenvalue weighted by atomic mass is 32.2. The molecule has 2 aromatic rings. The Morgan fingerprint density at radius 2 is 1.83 bits per heavy atom. The van der Waals surface area contributed by atoms with Gasteiger partial charge in [0, 0.05) is 6.07 Å². The average Bonchev–Trinajstić information content (AvgIpc) is 2.55. The van der Waals surface area contributed by atoms with Crippen LogP contribution in [0.2, 0.25) is 0 Å². The van der Waals surface area contributed by atoms with Crippen molar-refractivity contribution in [3.8, 4) is 11.5 Å². The molecule has 6 heteroatoms. The van der Waals surface area contributed by atoms with Crippen LogP contribution in [0.4, 0.5) is 5.69 Å². The van der Waals surface area contributed by atoms with E-state index in [-0.39, 0.29) is 10.6 Å². The minimum Gasteiger partial charge on any atom is -0.497 e. The van der Waals surface area contributed by atoms with Gasteiger partial charge in [0.1, 0.15) is 16.4 Å². The zero-order valence-corrected chi connectivity index (χ0v) is 14.1. The molecule has 2 rings (SSSR count). The van der Waals surface area contributed by atoms with E-state index < -0.39 is 10.0 Å². The minimum atomic E-state index is -3.81. The molecule has 0 fully saturated rings. The molecular weight excluding hydrogens is 314 g/mol. The number of anilines is 1. The summed E-state index contributed by atoms with van der Waals surface area (Å²) in [5.41, 5.74) is 2.22. The number of hydrogen-bond acceptors (Lipinski definition) is 4. The van der Waals surface area contributed by atoms with Gasteiger partial charge in [0.2, 0.25) is 0 Å². The van der Waals surface area contributed by atoms with E-state index in [1.165, 1.54) is 20.3 Å². The molecule has 5 nitrogen and oxygen atoms in total. The second kappa shape index (κ2) is 6.75. The van der Waals surface area contributed by atoms with E-state index in [0.717, 1.165) is 11.1 Å². The molecule has 0 aliphatic rings. The van der Waals surface area contributed by atoms with Crippen molar-refractivity contribution < 1.29 is 17.9 Å². The summed E-state index contributed by atoms with van der Waals surface area (Å²) in [6, 6.07) is 9.97. The van der Waals surface area contributed by atoms with Gasteiger partial charge >= 0.3 is 0 Å². The number of sulfonamides is 1. The van der Waals surface area contributed by atoms with Gasteiger partial charge in [-0.15, -0.1) is 0 Å². The number of ether oxygens (including phenoxy) is 2. The van der Waals surface area contributed by atoms with Crippen LogP contribution < -0.4 is 14.2 Å². The Morgan fingerprint density at radius 1 is 1.09 bits per heavy atom. The summed E-state index contributed by atoms with van der Waals surface area (Å²) in [4.78, 5) is 0.0200. The van der Waals surface area contributed by atoms with Gasteiger partial charge in [-0.2, -0.15) is 0 Å². The standard InChI is InChI=1S/C17H19NO4S/c1-5-13-6-8-15(12(2)10-13)18-23(19,20)17-11-14(21-3)7-9-16(17)22-4/h5-11,18H,1H2,2-4H3. The third-order valence-electron chi connectivity index (χ3n) is 3.39. The Morgan fingerprint density at radius 3 is 2.39 bits per heavy atom. The van der Waals surface area contributed by atoms with Crippen LogP contribution in [0.3, 0.4) is 0 Å². The Kier molecular flexibility index (Phi) is 4.95. The number of benzene rings is 2. The van der Waals surface area contributed by atoms with Gasteiger partial charge in [0.05, 0.1) is 19.9 Å². The number of rotatable bonds is 6. The molecule has 0 saturated heterocycles. The van der Waals surface area contributed by atoms with Crippen molar-refractivity contribution >= 4 is 21.8 Å². The summed E-state index contributed by atoms with van der Waals surface area (Å²) >= 11 is 0. The van der Waals surface area contributed by atoms with Crippen LogP contribution in [0, 0.1) is 6.92 Å². The van der Waals surface area contributed by atoms with Crippen LogP contribution in [0.15, 0.2) is 47.9 Å². The van der Waals surface area contributed by atoms with Crippen molar-refractivity contribution in [1.82, 2.24) is 0 Å². The van der Waals surface area contributed by atoms with Crippen LogP contribution in [0.5, 0.6) is 11.5 Å². The fraction of sp³-hybridized carbons (Fsp3) is 0.176. The summed E-state index contributed by atoms with van der Waals surface area (Å²) in [5.74, 6) is 0.684. The minimum absolute atomic E-state index is 0.0200. The molecule has 0 amide bonds. The van der Waals surface area contributed by atoms with Gasteiger partial charge in [-0.1, -0.05) is 18.7 Å². The molecule has 0 bridgehead atoms. The molecule has 122 valence electrons. The second-order valence-corrected chi connectivity index (χ2v) is 6.55.